The highest BCUT2D eigenvalue weighted by Gasteiger charge is 2.22. The smallest absolute Gasteiger partial charge is 0.308 e. The third kappa shape index (κ3) is 5.93. The van der Waals surface area contributed by atoms with Gasteiger partial charge in [0.15, 0.2) is 0 Å². The summed E-state index contributed by atoms with van der Waals surface area (Å²) >= 11 is 0. The number of carbonyl (C=O) groups excluding carboxylic acids is 1. The molecule has 0 bridgehead atoms. The van der Waals surface area contributed by atoms with Crippen molar-refractivity contribution in [3.63, 3.8) is 0 Å². The molecule has 0 aromatic heterocycles. The average molecular weight is 224 g/mol. The van der Waals surface area contributed by atoms with E-state index in [9.17, 15) is 13.2 Å². The Morgan fingerprint density at radius 3 is 2.14 bits per heavy atom. The molecule has 0 aromatic carbocycles. The summed E-state index contributed by atoms with van der Waals surface area (Å²) in [4.78, 5) is 10.9. The van der Waals surface area contributed by atoms with Gasteiger partial charge in [-0.15, -0.1) is 0 Å². The molecular formula is C8H16O5S. The molecule has 0 saturated carbocycles. The van der Waals surface area contributed by atoms with E-state index in [-0.39, 0.29) is 12.3 Å². The zero-order valence-electron chi connectivity index (χ0n) is 8.81. The van der Waals surface area contributed by atoms with Crippen molar-refractivity contribution in [2.24, 2.45) is 5.92 Å². The summed E-state index contributed by atoms with van der Waals surface area (Å²) in [5.41, 5.74) is 0. The Labute approximate surface area is 84.5 Å². The molecule has 0 unspecified atom stereocenters. The first-order chi connectivity index (χ1) is 6.26. The number of hydrogen-bond acceptors (Lipinski definition) is 5. The fourth-order valence-corrected chi connectivity index (χ4v) is 1.59. The number of ether oxygens (including phenoxy) is 1. The van der Waals surface area contributed by atoms with Crippen LogP contribution in [0, 0.1) is 5.92 Å². The minimum absolute atomic E-state index is 0.0543. The van der Waals surface area contributed by atoms with E-state index in [0.717, 1.165) is 6.26 Å². The van der Waals surface area contributed by atoms with Crippen molar-refractivity contribution in [1.82, 2.24) is 0 Å². The SMILES string of the molecule is COC(=O)C[C@@H](OS(C)(=O)=O)C(C)C. The number of esters is 1. The lowest BCUT2D eigenvalue weighted by molar-refractivity contribution is -0.142. The highest BCUT2D eigenvalue weighted by molar-refractivity contribution is 7.86. The summed E-state index contributed by atoms with van der Waals surface area (Å²) in [6.45, 7) is 3.55. The number of hydrogen-bond donors (Lipinski definition) is 0. The summed E-state index contributed by atoms with van der Waals surface area (Å²) in [5.74, 6) is -0.545. The van der Waals surface area contributed by atoms with Gasteiger partial charge < -0.3 is 4.74 Å². The molecule has 84 valence electrons. The third-order valence-corrected chi connectivity index (χ3v) is 2.23. The van der Waals surface area contributed by atoms with E-state index in [0.29, 0.717) is 0 Å². The van der Waals surface area contributed by atoms with Gasteiger partial charge in [-0.2, -0.15) is 8.42 Å². The van der Waals surface area contributed by atoms with Crippen LogP contribution in [-0.4, -0.2) is 33.9 Å². The second kappa shape index (κ2) is 5.31. The highest BCUT2D eigenvalue weighted by atomic mass is 32.2. The molecule has 0 saturated heterocycles. The van der Waals surface area contributed by atoms with Gasteiger partial charge in [0.1, 0.15) is 0 Å². The van der Waals surface area contributed by atoms with Gasteiger partial charge in [0.2, 0.25) is 0 Å². The molecular weight excluding hydrogens is 208 g/mol. The van der Waals surface area contributed by atoms with Crippen LogP contribution in [0.4, 0.5) is 0 Å². The van der Waals surface area contributed by atoms with E-state index < -0.39 is 22.2 Å². The van der Waals surface area contributed by atoms with Crippen LogP contribution in [0.15, 0.2) is 0 Å². The molecule has 0 aliphatic carbocycles. The van der Waals surface area contributed by atoms with Crippen molar-refractivity contribution in [2.75, 3.05) is 13.4 Å². The van der Waals surface area contributed by atoms with Crippen LogP contribution in [0.2, 0.25) is 0 Å². The van der Waals surface area contributed by atoms with E-state index in [2.05, 4.69) is 4.74 Å². The maximum atomic E-state index is 10.9. The van der Waals surface area contributed by atoms with Gasteiger partial charge in [-0.25, -0.2) is 0 Å². The van der Waals surface area contributed by atoms with Crippen LogP contribution in [0.1, 0.15) is 20.3 Å². The molecule has 0 radical (unpaired) electrons. The number of methoxy groups -OCH3 is 1. The average Bonchev–Trinajstić information content (AvgIpc) is 2.00. The molecule has 0 amide bonds. The summed E-state index contributed by atoms with van der Waals surface area (Å²) in [6, 6.07) is 0. The van der Waals surface area contributed by atoms with Crippen molar-refractivity contribution in [1.29, 1.82) is 0 Å². The van der Waals surface area contributed by atoms with E-state index >= 15 is 0 Å². The van der Waals surface area contributed by atoms with Crippen LogP contribution in [0.3, 0.4) is 0 Å². The van der Waals surface area contributed by atoms with Crippen LogP contribution in [-0.2, 0) is 23.8 Å². The minimum Gasteiger partial charge on any atom is -0.469 e. The lowest BCUT2D eigenvalue weighted by Gasteiger charge is -2.18. The Hall–Kier alpha value is -0.620. The van der Waals surface area contributed by atoms with Crippen LogP contribution >= 0.6 is 0 Å². The quantitative estimate of drug-likeness (QED) is 0.504. The first-order valence-electron chi connectivity index (χ1n) is 4.21. The fourth-order valence-electron chi connectivity index (χ4n) is 0.853. The standard InChI is InChI=1S/C8H16O5S/c1-6(2)7(5-8(9)12-3)13-14(4,10)11/h6-7H,5H2,1-4H3/t7-/m1/s1. The maximum absolute atomic E-state index is 10.9. The van der Waals surface area contributed by atoms with Crippen molar-refractivity contribution >= 4 is 16.1 Å². The molecule has 1 atom stereocenters. The van der Waals surface area contributed by atoms with Crippen molar-refractivity contribution in [3.05, 3.63) is 0 Å². The molecule has 6 heteroatoms. The van der Waals surface area contributed by atoms with E-state index in [1.165, 1.54) is 7.11 Å². The lowest BCUT2D eigenvalue weighted by atomic mass is 10.1. The second-order valence-corrected chi connectivity index (χ2v) is 4.96. The summed E-state index contributed by atoms with van der Waals surface area (Å²) in [5, 5.41) is 0. The first-order valence-corrected chi connectivity index (χ1v) is 6.03. The molecule has 0 spiro atoms. The van der Waals surface area contributed by atoms with E-state index in [1.807, 2.05) is 0 Å². The van der Waals surface area contributed by atoms with Gasteiger partial charge in [0.05, 0.1) is 25.9 Å². The first kappa shape index (κ1) is 13.4. The third-order valence-electron chi connectivity index (χ3n) is 1.64. The second-order valence-electron chi connectivity index (χ2n) is 3.36. The topological polar surface area (TPSA) is 69.7 Å². The Morgan fingerprint density at radius 1 is 1.36 bits per heavy atom. The normalized spacial score (nSPS) is 14.1. The van der Waals surface area contributed by atoms with Gasteiger partial charge >= 0.3 is 5.97 Å². The van der Waals surface area contributed by atoms with Crippen molar-refractivity contribution < 1.29 is 22.1 Å². The molecule has 0 N–H and O–H groups in total. The summed E-state index contributed by atoms with van der Waals surface area (Å²) in [7, 11) is -2.28. The highest BCUT2D eigenvalue weighted by Crippen LogP contribution is 2.13. The molecule has 5 nitrogen and oxygen atoms in total. The lowest BCUT2D eigenvalue weighted by Crippen LogP contribution is -2.26. The van der Waals surface area contributed by atoms with Crippen LogP contribution in [0.25, 0.3) is 0 Å². The predicted octanol–water partition coefficient (Wildman–Crippen LogP) is 0.550. The molecule has 14 heavy (non-hydrogen) atoms. The van der Waals surface area contributed by atoms with Gasteiger partial charge in [-0.05, 0) is 5.92 Å². The zero-order chi connectivity index (χ0) is 11.4. The van der Waals surface area contributed by atoms with Crippen molar-refractivity contribution in [2.45, 2.75) is 26.4 Å². The van der Waals surface area contributed by atoms with Gasteiger partial charge in [-0.1, -0.05) is 13.8 Å². The van der Waals surface area contributed by atoms with Gasteiger partial charge in [0, 0.05) is 0 Å². The Bertz CT molecular complexity index is 280. The number of carbonyl (C=O) groups is 1. The van der Waals surface area contributed by atoms with Gasteiger partial charge in [0.25, 0.3) is 10.1 Å². The molecule has 0 aromatic rings. The largest absolute Gasteiger partial charge is 0.469 e. The monoisotopic (exact) mass is 224 g/mol. The van der Waals surface area contributed by atoms with Gasteiger partial charge in [-0.3, -0.25) is 8.98 Å². The van der Waals surface area contributed by atoms with Crippen LogP contribution < -0.4 is 0 Å². The van der Waals surface area contributed by atoms with Crippen molar-refractivity contribution in [3.8, 4) is 0 Å². The molecule has 0 aliphatic heterocycles. The fraction of sp³-hybridized carbons (Fsp3) is 0.875. The predicted molar refractivity (Wildman–Crippen MR) is 51.2 cm³/mol. The molecule has 0 rings (SSSR count). The maximum Gasteiger partial charge on any atom is 0.308 e. The Morgan fingerprint density at radius 2 is 1.86 bits per heavy atom. The Balaban J connectivity index is 4.39. The Kier molecular flexibility index (Phi) is 5.07. The molecule has 0 aliphatic rings. The summed E-state index contributed by atoms with van der Waals surface area (Å²) < 4.78 is 30.9. The van der Waals surface area contributed by atoms with E-state index in [4.69, 9.17) is 4.18 Å². The number of rotatable bonds is 5. The van der Waals surface area contributed by atoms with E-state index in [1.54, 1.807) is 13.8 Å². The zero-order valence-corrected chi connectivity index (χ0v) is 9.63. The summed E-state index contributed by atoms with van der Waals surface area (Å²) in [6.07, 6.45) is 0.249. The van der Waals surface area contributed by atoms with Crippen LogP contribution in [0.5, 0.6) is 0 Å². The molecule has 0 heterocycles. The minimum atomic E-state index is -3.53. The molecule has 0 fully saturated rings.